The topological polar surface area (TPSA) is 76.7 Å². The van der Waals surface area contributed by atoms with Gasteiger partial charge in [0.25, 0.3) is 0 Å². The Balaban J connectivity index is 1.58. The van der Waals surface area contributed by atoms with Crippen molar-refractivity contribution in [1.82, 2.24) is 0 Å². The largest absolute Gasteiger partial charge is 0.454 e. The number of hydrogen-bond donors (Lipinski definition) is 2. The lowest BCUT2D eigenvalue weighted by Crippen LogP contribution is -2.15. The zero-order valence-electron chi connectivity index (χ0n) is 13.4. The molecule has 1 aliphatic heterocycles. The second-order valence-corrected chi connectivity index (χ2v) is 7.38. The average molecular weight is 348 g/mol. The standard InChI is InChI=1S/C17H20N2O4S/c1-2-9-24(20,21)19-15-6-4-14(5-7-15)18-11-13-3-8-16-17(10-13)23-12-22-16/h3-8,10,18-19H,2,9,11-12H2,1H3. The van der Waals surface area contributed by atoms with Crippen molar-refractivity contribution in [3.63, 3.8) is 0 Å². The number of hydrogen-bond acceptors (Lipinski definition) is 5. The van der Waals surface area contributed by atoms with Gasteiger partial charge in [0, 0.05) is 17.9 Å². The molecule has 0 saturated carbocycles. The fraction of sp³-hybridized carbons (Fsp3) is 0.294. The molecule has 0 saturated heterocycles. The second-order valence-electron chi connectivity index (χ2n) is 5.54. The normalized spacial score (nSPS) is 12.9. The molecule has 0 aromatic heterocycles. The molecule has 2 aromatic carbocycles. The van der Waals surface area contributed by atoms with Gasteiger partial charge in [-0.2, -0.15) is 0 Å². The Bertz CT molecular complexity index is 804. The van der Waals surface area contributed by atoms with Crippen molar-refractivity contribution < 1.29 is 17.9 Å². The molecule has 0 unspecified atom stereocenters. The van der Waals surface area contributed by atoms with Crippen LogP contribution in [0.5, 0.6) is 11.5 Å². The fourth-order valence-electron chi connectivity index (χ4n) is 2.41. The van der Waals surface area contributed by atoms with Gasteiger partial charge in [-0.15, -0.1) is 0 Å². The van der Waals surface area contributed by atoms with Crippen molar-refractivity contribution in [3.8, 4) is 11.5 Å². The van der Waals surface area contributed by atoms with Crippen LogP contribution in [-0.4, -0.2) is 21.0 Å². The minimum Gasteiger partial charge on any atom is -0.454 e. The van der Waals surface area contributed by atoms with Gasteiger partial charge >= 0.3 is 0 Å². The average Bonchev–Trinajstić information content (AvgIpc) is 3.01. The van der Waals surface area contributed by atoms with Gasteiger partial charge in [-0.05, 0) is 48.4 Å². The van der Waals surface area contributed by atoms with Crippen molar-refractivity contribution in [2.75, 3.05) is 22.6 Å². The summed E-state index contributed by atoms with van der Waals surface area (Å²) in [6, 6.07) is 13.0. The number of fused-ring (bicyclic) bond motifs is 1. The quantitative estimate of drug-likeness (QED) is 0.804. The summed E-state index contributed by atoms with van der Waals surface area (Å²) < 4.78 is 36.7. The number of anilines is 2. The van der Waals surface area contributed by atoms with Crippen LogP contribution >= 0.6 is 0 Å². The summed E-state index contributed by atoms with van der Waals surface area (Å²) in [6.45, 7) is 2.74. The van der Waals surface area contributed by atoms with E-state index in [1.54, 1.807) is 12.1 Å². The minimum atomic E-state index is -3.25. The third-order valence-electron chi connectivity index (χ3n) is 3.56. The van der Waals surface area contributed by atoms with Gasteiger partial charge in [0.2, 0.25) is 16.8 Å². The summed E-state index contributed by atoms with van der Waals surface area (Å²) in [5, 5.41) is 3.29. The van der Waals surface area contributed by atoms with Gasteiger partial charge in [-0.1, -0.05) is 13.0 Å². The first-order chi connectivity index (χ1) is 11.6. The Morgan fingerprint density at radius 1 is 1.00 bits per heavy atom. The van der Waals surface area contributed by atoms with E-state index < -0.39 is 10.0 Å². The molecule has 24 heavy (non-hydrogen) atoms. The van der Waals surface area contributed by atoms with E-state index in [-0.39, 0.29) is 12.5 Å². The molecule has 0 aliphatic carbocycles. The van der Waals surface area contributed by atoms with E-state index in [4.69, 9.17) is 9.47 Å². The third-order valence-corrected chi connectivity index (χ3v) is 5.06. The summed E-state index contributed by atoms with van der Waals surface area (Å²) in [5.74, 6) is 1.65. The molecule has 0 bridgehead atoms. The van der Waals surface area contributed by atoms with Crippen LogP contribution in [0.15, 0.2) is 42.5 Å². The minimum absolute atomic E-state index is 0.122. The van der Waals surface area contributed by atoms with Crippen molar-refractivity contribution in [2.45, 2.75) is 19.9 Å². The monoisotopic (exact) mass is 348 g/mol. The summed E-state index contributed by atoms with van der Waals surface area (Å²) in [4.78, 5) is 0. The maximum atomic E-state index is 11.7. The van der Waals surface area contributed by atoms with E-state index in [1.165, 1.54) is 0 Å². The van der Waals surface area contributed by atoms with E-state index in [2.05, 4.69) is 10.0 Å². The fourth-order valence-corrected chi connectivity index (χ4v) is 3.55. The van der Waals surface area contributed by atoms with Crippen LogP contribution in [-0.2, 0) is 16.6 Å². The maximum Gasteiger partial charge on any atom is 0.232 e. The zero-order valence-corrected chi connectivity index (χ0v) is 14.2. The predicted octanol–water partition coefficient (Wildman–Crippen LogP) is 3.18. The van der Waals surface area contributed by atoms with Crippen molar-refractivity contribution in [2.24, 2.45) is 0 Å². The first-order valence-corrected chi connectivity index (χ1v) is 9.44. The van der Waals surface area contributed by atoms with Crippen LogP contribution in [0.1, 0.15) is 18.9 Å². The Labute approximate surface area is 141 Å². The molecular weight excluding hydrogens is 328 g/mol. The highest BCUT2D eigenvalue weighted by molar-refractivity contribution is 7.92. The van der Waals surface area contributed by atoms with Crippen LogP contribution in [0.2, 0.25) is 0 Å². The third kappa shape index (κ3) is 4.11. The Kier molecular flexibility index (Phi) is 4.80. The van der Waals surface area contributed by atoms with Gasteiger partial charge < -0.3 is 14.8 Å². The molecule has 7 heteroatoms. The molecule has 3 rings (SSSR count). The first-order valence-electron chi connectivity index (χ1n) is 7.79. The molecule has 0 fully saturated rings. The Morgan fingerprint density at radius 3 is 2.46 bits per heavy atom. The molecule has 6 nitrogen and oxygen atoms in total. The summed E-state index contributed by atoms with van der Waals surface area (Å²) in [5.41, 5.74) is 2.55. The molecule has 2 aromatic rings. The molecule has 1 heterocycles. The second kappa shape index (κ2) is 7.00. The number of ether oxygens (including phenoxy) is 2. The Hall–Kier alpha value is -2.41. The summed E-state index contributed by atoms with van der Waals surface area (Å²) in [6.07, 6.45) is 0.588. The van der Waals surface area contributed by atoms with Gasteiger partial charge in [0.05, 0.1) is 5.75 Å². The lowest BCUT2D eigenvalue weighted by atomic mass is 10.2. The lowest BCUT2D eigenvalue weighted by Gasteiger charge is -2.10. The highest BCUT2D eigenvalue weighted by Gasteiger charge is 2.13. The molecule has 0 spiro atoms. The molecule has 0 radical (unpaired) electrons. The highest BCUT2D eigenvalue weighted by atomic mass is 32.2. The molecule has 1 aliphatic rings. The Morgan fingerprint density at radius 2 is 1.71 bits per heavy atom. The number of sulfonamides is 1. The van der Waals surface area contributed by atoms with Gasteiger partial charge in [0.15, 0.2) is 11.5 Å². The van der Waals surface area contributed by atoms with Crippen LogP contribution in [0.25, 0.3) is 0 Å². The van der Waals surface area contributed by atoms with Crippen LogP contribution in [0, 0.1) is 0 Å². The van der Waals surface area contributed by atoms with Crippen molar-refractivity contribution in [3.05, 3.63) is 48.0 Å². The molecule has 2 N–H and O–H groups in total. The molecule has 0 amide bonds. The molecule has 0 atom stereocenters. The predicted molar refractivity (Wildman–Crippen MR) is 94.0 cm³/mol. The highest BCUT2D eigenvalue weighted by Crippen LogP contribution is 2.32. The van der Waals surface area contributed by atoms with E-state index in [0.29, 0.717) is 18.7 Å². The summed E-state index contributed by atoms with van der Waals surface area (Å²) in [7, 11) is -3.25. The lowest BCUT2D eigenvalue weighted by molar-refractivity contribution is 0.174. The van der Waals surface area contributed by atoms with E-state index in [1.807, 2.05) is 37.3 Å². The maximum absolute atomic E-state index is 11.7. The zero-order chi connectivity index (χ0) is 17.0. The van der Waals surface area contributed by atoms with E-state index in [9.17, 15) is 8.42 Å². The van der Waals surface area contributed by atoms with Crippen LogP contribution < -0.4 is 19.5 Å². The number of nitrogens with one attached hydrogen (secondary N) is 2. The van der Waals surface area contributed by atoms with Gasteiger partial charge in [-0.25, -0.2) is 8.42 Å². The van der Waals surface area contributed by atoms with Crippen LogP contribution in [0.4, 0.5) is 11.4 Å². The smallest absolute Gasteiger partial charge is 0.232 e. The van der Waals surface area contributed by atoms with Crippen LogP contribution in [0.3, 0.4) is 0 Å². The number of rotatable bonds is 7. The van der Waals surface area contributed by atoms with Gasteiger partial charge in [0.1, 0.15) is 0 Å². The number of benzene rings is 2. The molecular formula is C17H20N2O4S. The first kappa shape index (κ1) is 16.4. The van der Waals surface area contributed by atoms with E-state index in [0.717, 1.165) is 22.7 Å². The SMILES string of the molecule is CCCS(=O)(=O)Nc1ccc(NCc2ccc3c(c2)OCO3)cc1. The summed E-state index contributed by atoms with van der Waals surface area (Å²) >= 11 is 0. The van der Waals surface area contributed by atoms with E-state index >= 15 is 0 Å². The van der Waals surface area contributed by atoms with Crippen molar-refractivity contribution in [1.29, 1.82) is 0 Å². The van der Waals surface area contributed by atoms with Crippen molar-refractivity contribution >= 4 is 21.4 Å². The van der Waals surface area contributed by atoms with Gasteiger partial charge in [-0.3, -0.25) is 4.72 Å². The molecule has 128 valence electrons.